The summed E-state index contributed by atoms with van der Waals surface area (Å²) in [6.07, 6.45) is 6.70. The molecule has 15 N–H and O–H groups in total. The maximum absolute atomic E-state index is 14.1. The predicted octanol–water partition coefficient (Wildman–Crippen LogP) is -3.49. The summed E-state index contributed by atoms with van der Waals surface area (Å²) in [6, 6.07) is -8.07. The number of aromatic nitrogens is 2. The van der Waals surface area contributed by atoms with Crippen LogP contribution in [0.25, 0.3) is 0 Å². The Morgan fingerprint density at radius 3 is 2.12 bits per heavy atom. The number of carbonyl (C=O) groups is 7. The van der Waals surface area contributed by atoms with Crippen molar-refractivity contribution in [1.29, 1.82) is 0 Å². The average Bonchev–Trinajstić information content (AvgIpc) is 4.02. The number of aliphatic carboxylic acids is 1. The second kappa shape index (κ2) is 23.9. The summed E-state index contributed by atoms with van der Waals surface area (Å²) in [5.41, 5.74) is 23.0. The molecule has 0 aliphatic carbocycles. The summed E-state index contributed by atoms with van der Waals surface area (Å²) in [5, 5.41) is 30.4. The van der Waals surface area contributed by atoms with Gasteiger partial charge in [-0.3, -0.25) is 33.8 Å². The van der Waals surface area contributed by atoms with Crippen molar-refractivity contribution >= 4 is 47.4 Å². The lowest BCUT2D eigenvalue weighted by Crippen LogP contribution is -2.61. The number of carboxylic acid groups (broad SMARTS) is 1. The summed E-state index contributed by atoms with van der Waals surface area (Å²) in [7, 11) is 0. The van der Waals surface area contributed by atoms with Gasteiger partial charge < -0.3 is 69.2 Å². The van der Waals surface area contributed by atoms with E-state index in [1.807, 2.05) is 0 Å². The molecule has 3 heterocycles. The number of nitrogens with zero attached hydrogens (tertiary/aromatic N) is 4. The average molecular weight is 834 g/mol. The number of rotatable bonds is 24. The van der Waals surface area contributed by atoms with Crippen molar-refractivity contribution in [1.82, 2.24) is 41.0 Å². The normalized spacial score (nSPS) is 19.4. The first kappa shape index (κ1) is 48.0. The Hall–Kier alpha value is -5.35. The van der Waals surface area contributed by atoms with Crippen LogP contribution in [0.5, 0.6) is 0 Å². The van der Waals surface area contributed by atoms with Gasteiger partial charge >= 0.3 is 5.97 Å². The minimum Gasteiger partial charge on any atom is -0.480 e. The molecule has 1 aromatic rings. The van der Waals surface area contributed by atoms with Crippen molar-refractivity contribution in [3.8, 4) is 0 Å². The number of likely N-dealkylation sites (tertiary alicyclic amines) is 2. The SMILES string of the molecule is CC[C@H](C)[C@H](NC(=O)[C@H](CO)NC(=O)[C@H](Cc1cnc[nH]1)NC(=O)[C@@H]1CCCN1C(=O)[C@H](CCCN=C(N)N)NC(=O)[C@@H](N)CCCCN)C(=O)N1CCC[C@H]1C(=O)O. The van der Waals surface area contributed by atoms with E-state index in [0.717, 1.165) is 0 Å². The van der Waals surface area contributed by atoms with Gasteiger partial charge in [0.15, 0.2) is 5.96 Å². The second-order valence-corrected chi connectivity index (χ2v) is 15.1. The Morgan fingerprint density at radius 2 is 1.53 bits per heavy atom. The van der Waals surface area contributed by atoms with Gasteiger partial charge in [-0.05, 0) is 63.8 Å². The fourth-order valence-corrected chi connectivity index (χ4v) is 7.15. The lowest BCUT2D eigenvalue weighted by Gasteiger charge is -2.32. The number of imidazole rings is 1. The van der Waals surface area contributed by atoms with E-state index in [-0.39, 0.29) is 51.3 Å². The van der Waals surface area contributed by atoms with Gasteiger partial charge in [-0.1, -0.05) is 26.7 Å². The number of carbonyl (C=O) groups excluding carboxylic acids is 6. The van der Waals surface area contributed by atoms with Gasteiger partial charge in [-0.2, -0.15) is 0 Å². The number of carboxylic acids is 1. The van der Waals surface area contributed by atoms with Gasteiger partial charge in [0.25, 0.3) is 0 Å². The number of aliphatic hydroxyl groups is 1. The Balaban J connectivity index is 1.78. The van der Waals surface area contributed by atoms with Crippen LogP contribution in [0.15, 0.2) is 17.5 Å². The quantitative estimate of drug-likeness (QED) is 0.0274. The van der Waals surface area contributed by atoms with Crippen LogP contribution < -0.4 is 44.2 Å². The molecular weight excluding hydrogens is 770 g/mol. The van der Waals surface area contributed by atoms with Crippen LogP contribution >= 0.6 is 0 Å². The zero-order valence-electron chi connectivity index (χ0n) is 33.9. The number of nitrogens with one attached hydrogen (secondary N) is 5. The van der Waals surface area contributed by atoms with Gasteiger partial charge in [0.1, 0.15) is 36.3 Å². The summed E-state index contributed by atoms with van der Waals surface area (Å²) in [6.45, 7) is 3.67. The van der Waals surface area contributed by atoms with Crippen molar-refractivity contribution in [2.24, 2.45) is 33.8 Å². The van der Waals surface area contributed by atoms with Crippen molar-refractivity contribution < 1.29 is 43.8 Å². The molecule has 59 heavy (non-hydrogen) atoms. The zero-order chi connectivity index (χ0) is 43.6. The molecule has 2 aliphatic heterocycles. The molecule has 8 atom stereocenters. The van der Waals surface area contributed by atoms with Crippen LogP contribution in [-0.4, -0.2) is 152 Å². The van der Waals surface area contributed by atoms with E-state index in [2.05, 4.69) is 36.2 Å². The van der Waals surface area contributed by atoms with E-state index in [1.165, 1.54) is 22.3 Å². The molecule has 0 aromatic carbocycles. The fraction of sp³-hybridized carbons (Fsp3) is 0.703. The van der Waals surface area contributed by atoms with Gasteiger partial charge in [0, 0.05) is 37.9 Å². The first-order valence-electron chi connectivity index (χ1n) is 20.3. The number of hydrogen-bond acceptors (Lipinski definition) is 12. The molecule has 0 unspecified atom stereocenters. The number of aliphatic hydroxyl groups excluding tert-OH is 1. The number of hydrogen-bond donors (Lipinski definition) is 11. The van der Waals surface area contributed by atoms with Crippen molar-refractivity contribution in [2.75, 3.05) is 32.8 Å². The highest BCUT2D eigenvalue weighted by Gasteiger charge is 2.42. The molecule has 6 amide bonds. The molecule has 22 nitrogen and oxygen atoms in total. The first-order chi connectivity index (χ1) is 28.1. The van der Waals surface area contributed by atoms with Crippen LogP contribution in [0.2, 0.25) is 0 Å². The molecule has 0 bridgehead atoms. The number of H-pyrrole nitrogens is 1. The minimum absolute atomic E-state index is 0.122. The Labute approximate surface area is 343 Å². The number of amides is 6. The molecule has 330 valence electrons. The third kappa shape index (κ3) is 14.2. The molecular formula is C37H63N13O9. The Bertz CT molecular complexity index is 1610. The fourth-order valence-electron chi connectivity index (χ4n) is 7.15. The predicted molar refractivity (Wildman–Crippen MR) is 214 cm³/mol. The third-order valence-electron chi connectivity index (χ3n) is 10.7. The number of aromatic amines is 1. The highest BCUT2D eigenvalue weighted by molar-refractivity contribution is 5.97. The van der Waals surface area contributed by atoms with Gasteiger partial charge in [0.2, 0.25) is 35.4 Å². The van der Waals surface area contributed by atoms with E-state index in [4.69, 9.17) is 22.9 Å². The highest BCUT2D eigenvalue weighted by atomic mass is 16.4. The van der Waals surface area contributed by atoms with Crippen LogP contribution in [0, 0.1) is 5.92 Å². The largest absolute Gasteiger partial charge is 0.480 e. The zero-order valence-corrected chi connectivity index (χ0v) is 33.9. The summed E-state index contributed by atoms with van der Waals surface area (Å²) >= 11 is 0. The molecule has 1 aromatic heterocycles. The van der Waals surface area contributed by atoms with Gasteiger partial charge in [-0.15, -0.1) is 0 Å². The maximum atomic E-state index is 14.1. The molecule has 2 aliphatic rings. The summed E-state index contributed by atoms with van der Waals surface area (Å²) in [5.74, 6) is -5.79. The lowest BCUT2D eigenvalue weighted by molar-refractivity contribution is -0.150. The third-order valence-corrected chi connectivity index (χ3v) is 10.7. The van der Waals surface area contributed by atoms with E-state index in [1.54, 1.807) is 13.8 Å². The van der Waals surface area contributed by atoms with E-state index >= 15 is 0 Å². The highest BCUT2D eigenvalue weighted by Crippen LogP contribution is 2.22. The van der Waals surface area contributed by atoms with Crippen LogP contribution in [0.4, 0.5) is 0 Å². The monoisotopic (exact) mass is 833 g/mol. The van der Waals surface area contributed by atoms with Crippen molar-refractivity contribution in [3.63, 3.8) is 0 Å². The molecule has 0 saturated carbocycles. The van der Waals surface area contributed by atoms with E-state index < -0.39 is 96.2 Å². The topological polar surface area (TPSA) is 360 Å². The van der Waals surface area contributed by atoms with Crippen LogP contribution in [-0.2, 0) is 40.0 Å². The Morgan fingerprint density at radius 1 is 0.881 bits per heavy atom. The van der Waals surface area contributed by atoms with Crippen molar-refractivity contribution in [3.05, 3.63) is 18.2 Å². The molecule has 22 heteroatoms. The van der Waals surface area contributed by atoms with Gasteiger partial charge in [0.05, 0.1) is 19.0 Å². The van der Waals surface area contributed by atoms with E-state index in [9.17, 15) is 43.8 Å². The molecule has 3 rings (SSSR count). The molecule has 0 spiro atoms. The lowest BCUT2D eigenvalue weighted by atomic mass is 9.97. The van der Waals surface area contributed by atoms with E-state index in [0.29, 0.717) is 57.2 Å². The number of guanidine groups is 1. The smallest absolute Gasteiger partial charge is 0.326 e. The molecule has 2 saturated heterocycles. The number of nitrogens with two attached hydrogens (primary N) is 4. The van der Waals surface area contributed by atoms with Crippen molar-refractivity contribution in [2.45, 2.75) is 127 Å². The molecule has 2 fully saturated rings. The summed E-state index contributed by atoms with van der Waals surface area (Å²) in [4.78, 5) is 107. The molecule has 0 radical (unpaired) electrons. The standard InChI is InChI=1S/C37H63N13O9/c1-3-21(2)29(35(57)50-16-8-12-28(50)36(58)59)48-32(54)26(19-51)47-31(53)25(17-22-18-42-20-44-22)46-33(55)27-11-7-15-49(27)34(56)24(10-6-14-43-37(40)41)45-30(52)23(39)9-4-5-13-38/h18,20-21,23-29,51H,3-17,19,38-39H2,1-2H3,(H,42,44)(H,45,52)(H,46,55)(H,47,53)(H,48,54)(H,58,59)(H4,40,41,43)/t21-,23-,24-,25-,26-,27-,28-,29-/m0/s1. The number of unbranched alkanes of at least 4 members (excludes halogenated alkanes) is 1. The maximum Gasteiger partial charge on any atom is 0.326 e. The van der Waals surface area contributed by atoms with Gasteiger partial charge in [-0.25, -0.2) is 9.78 Å². The Kier molecular flexibility index (Phi) is 19.5. The van der Waals surface area contributed by atoms with Crippen LogP contribution in [0.3, 0.4) is 0 Å². The first-order valence-corrected chi connectivity index (χ1v) is 20.3. The minimum atomic E-state index is -1.56. The van der Waals surface area contributed by atoms with Crippen LogP contribution in [0.1, 0.15) is 83.7 Å². The second-order valence-electron chi connectivity index (χ2n) is 15.1. The number of aliphatic imine (C=N–C) groups is 1. The summed E-state index contributed by atoms with van der Waals surface area (Å²) < 4.78 is 0.